The average molecular weight is 463 g/mol. The van der Waals surface area contributed by atoms with Gasteiger partial charge in [-0.15, -0.1) is 24.0 Å². The number of hydrogen-bond donors (Lipinski definition) is 2. The van der Waals surface area contributed by atoms with Crippen LogP contribution in [0.25, 0.3) is 0 Å². The summed E-state index contributed by atoms with van der Waals surface area (Å²) >= 11 is 2.05. The van der Waals surface area contributed by atoms with Gasteiger partial charge < -0.3 is 15.4 Å². The molecule has 0 spiro atoms. The Morgan fingerprint density at radius 1 is 1.29 bits per heavy atom. The molecule has 1 heterocycles. The zero-order valence-corrected chi connectivity index (χ0v) is 18.1. The summed E-state index contributed by atoms with van der Waals surface area (Å²) in [7, 11) is 1.69. The number of rotatable bonds is 7. The normalized spacial score (nSPS) is 20.4. The number of nitrogens with one attached hydrogen (secondary N) is 2. The number of nitrogens with zero attached hydrogens (tertiary/aromatic N) is 1. The minimum absolute atomic E-state index is 0. The highest BCUT2D eigenvalue weighted by Gasteiger charge is 2.29. The van der Waals surface area contributed by atoms with Crippen LogP contribution in [0, 0.1) is 0 Å². The van der Waals surface area contributed by atoms with Crippen molar-refractivity contribution in [2.75, 3.05) is 32.5 Å². The minimum atomic E-state index is 0. The van der Waals surface area contributed by atoms with Gasteiger partial charge in [0.1, 0.15) is 5.75 Å². The highest BCUT2D eigenvalue weighted by atomic mass is 127. The van der Waals surface area contributed by atoms with Gasteiger partial charge in [-0.25, -0.2) is 0 Å². The Balaban J connectivity index is 0.00000288. The van der Waals surface area contributed by atoms with E-state index in [1.165, 1.54) is 24.2 Å². The number of thioether (sulfide) groups is 1. The Kier molecular flexibility index (Phi) is 9.88. The standard InChI is InChI=1S/C18H29N3OS.HI/c1-4-19-17(21-14-18(2)11-5-13-23-18)20-12-10-15-6-8-16(22-3)9-7-15;/h6-9H,4-5,10-14H2,1-3H3,(H2,19,20,21);1H. The number of aliphatic imine (C=N–C) groups is 1. The lowest BCUT2D eigenvalue weighted by Gasteiger charge is -2.21. The van der Waals surface area contributed by atoms with E-state index in [9.17, 15) is 0 Å². The third kappa shape index (κ3) is 7.09. The molecule has 0 bridgehead atoms. The van der Waals surface area contributed by atoms with Crippen LogP contribution in [0.4, 0.5) is 0 Å². The third-order valence-corrected chi connectivity index (χ3v) is 5.60. The molecule has 0 aliphatic carbocycles. The van der Waals surface area contributed by atoms with Gasteiger partial charge in [0, 0.05) is 17.8 Å². The first-order valence-corrected chi connectivity index (χ1v) is 9.43. The van der Waals surface area contributed by atoms with Gasteiger partial charge >= 0.3 is 0 Å². The molecule has 1 fully saturated rings. The lowest BCUT2D eigenvalue weighted by atomic mass is 10.1. The van der Waals surface area contributed by atoms with Crippen LogP contribution in [0.2, 0.25) is 0 Å². The van der Waals surface area contributed by atoms with E-state index >= 15 is 0 Å². The SMILES string of the molecule is CCNC(=NCC1(C)CCCS1)NCCc1ccc(OC)cc1.I. The van der Waals surface area contributed by atoms with Crippen LogP contribution in [0.3, 0.4) is 0 Å². The Morgan fingerprint density at radius 3 is 2.62 bits per heavy atom. The highest BCUT2D eigenvalue weighted by Crippen LogP contribution is 2.37. The molecule has 1 aliphatic heterocycles. The maximum Gasteiger partial charge on any atom is 0.191 e. The van der Waals surface area contributed by atoms with Gasteiger partial charge in [-0.05, 0) is 56.6 Å². The molecular formula is C18H30IN3OS. The third-order valence-electron chi connectivity index (χ3n) is 4.08. The molecule has 1 aliphatic rings. The van der Waals surface area contributed by atoms with E-state index in [0.717, 1.165) is 37.8 Å². The van der Waals surface area contributed by atoms with E-state index in [4.69, 9.17) is 9.73 Å². The topological polar surface area (TPSA) is 45.7 Å². The zero-order valence-electron chi connectivity index (χ0n) is 14.9. The van der Waals surface area contributed by atoms with E-state index in [1.54, 1.807) is 7.11 Å². The van der Waals surface area contributed by atoms with Crippen LogP contribution in [0.15, 0.2) is 29.3 Å². The molecule has 1 saturated heterocycles. The maximum absolute atomic E-state index is 5.19. The summed E-state index contributed by atoms with van der Waals surface area (Å²) < 4.78 is 5.51. The van der Waals surface area contributed by atoms with E-state index in [-0.39, 0.29) is 24.0 Å². The highest BCUT2D eigenvalue weighted by molar-refractivity contribution is 14.0. The molecule has 24 heavy (non-hydrogen) atoms. The number of ether oxygens (including phenoxy) is 1. The van der Waals surface area contributed by atoms with Gasteiger partial charge in [-0.2, -0.15) is 11.8 Å². The fraction of sp³-hybridized carbons (Fsp3) is 0.611. The summed E-state index contributed by atoms with van der Waals surface area (Å²) in [5.41, 5.74) is 1.30. The van der Waals surface area contributed by atoms with Gasteiger partial charge in [0.2, 0.25) is 0 Å². The van der Waals surface area contributed by atoms with Crippen molar-refractivity contribution >= 4 is 41.7 Å². The van der Waals surface area contributed by atoms with E-state index < -0.39 is 0 Å². The van der Waals surface area contributed by atoms with Crippen molar-refractivity contribution in [1.82, 2.24) is 10.6 Å². The second-order valence-electron chi connectivity index (χ2n) is 6.12. The Labute approximate surface area is 167 Å². The van der Waals surface area contributed by atoms with Crippen molar-refractivity contribution in [2.45, 2.75) is 37.9 Å². The van der Waals surface area contributed by atoms with Gasteiger partial charge in [0.15, 0.2) is 5.96 Å². The monoisotopic (exact) mass is 463 g/mol. The van der Waals surface area contributed by atoms with Crippen molar-refractivity contribution in [3.8, 4) is 5.75 Å². The predicted octanol–water partition coefficient (Wildman–Crippen LogP) is 3.70. The van der Waals surface area contributed by atoms with E-state index in [1.807, 2.05) is 12.1 Å². The Hall–Kier alpha value is -0.630. The molecule has 1 unspecified atom stereocenters. The quantitative estimate of drug-likeness (QED) is 0.368. The first kappa shape index (κ1) is 21.4. The second-order valence-corrected chi connectivity index (χ2v) is 7.80. The molecule has 1 atom stereocenters. The summed E-state index contributed by atoms with van der Waals surface area (Å²) in [6, 6.07) is 8.24. The molecule has 0 amide bonds. The molecule has 2 N–H and O–H groups in total. The average Bonchev–Trinajstić information content (AvgIpc) is 3.00. The Bertz CT molecular complexity index is 501. The predicted molar refractivity (Wildman–Crippen MR) is 116 cm³/mol. The number of guanidine groups is 1. The summed E-state index contributed by atoms with van der Waals surface area (Å²) in [6.45, 7) is 7.08. The minimum Gasteiger partial charge on any atom is -0.497 e. The van der Waals surface area contributed by atoms with E-state index in [0.29, 0.717) is 4.75 Å². The van der Waals surface area contributed by atoms with Crippen LogP contribution in [-0.2, 0) is 6.42 Å². The fourth-order valence-electron chi connectivity index (χ4n) is 2.67. The fourth-order valence-corrected chi connectivity index (χ4v) is 3.89. The molecule has 4 nitrogen and oxygen atoms in total. The van der Waals surface area contributed by atoms with E-state index in [2.05, 4.69) is 48.4 Å². The molecule has 1 aromatic rings. The van der Waals surface area contributed by atoms with Crippen molar-refractivity contribution in [2.24, 2.45) is 4.99 Å². The van der Waals surface area contributed by atoms with Crippen LogP contribution in [0.5, 0.6) is 5.75 Å². The molecule has 136 valence electrons. The molecule has 0 aromatic heterocycles. The molecule has 6 heteroatoms. The van der Waals surface area contributed by atoms with Crippen LogP contribution in [0.1, 0.15) is 32.3 Å². The first-order chi connectivity index (χ1) is 11.1. The van der Waals surface area contributed by atoms with Crippen LogP contribution < -0.4 is 15.4 Å². The van der Waals surface area contributed by atoms with Crippen molar-refractivity contribution < 1.29 is 4.74 Å². The maximum atomic E-state index is 5.19. The lowest BCUT2D eigenvalue weighted by molar-refractivity contribution is 0.414. The van der Waals surface area contributed by atoms with Crippen molar-refractivity contribution in [3.05, 3.63) is 29.8 Å². The summed E-state index contributed by atoms with van der Waals surface area (Å²) in [5, 5.41) is 6.78. The van der Waals surface area contributed by atoms with Gasteiger partial charge in [-0.3, -0.25) is 4.99 Å². The number of methoxy groups -OCH3 is 1. The molecule has 2 rings (SSSR count). The second kappa shape index (κ2) is 11.1. The summed E-state index contributed by atoms with van der Waals surface area (Å²) in [5.74, 6) is 3.10. The number of hydrogen-bond acceptors (Lipinski definition) is 3. The molecule has 1 aromatic carbocycles. The largest absolute Gasteiger partial charge is 0.497 e. The molecular weight excluding hydrogens is 433 g/mol. The summed E-state index contributed by atoms with van der Waals surface area (Å²) in [6.07, 6.45) is 3.56. The number of benzene rings is 1. The Morgan fingerprint density at radius 2 is 2.04 bits per heavy atom. The van der Waals surface area contributed by atoms with Crippen molar-refractivity contribution in [3.63, 3.8) is 0 Å². The smallest absolute Gasteiger partial charge is 0.191 e. The van der Waals surface area contributed by atoms with Crippen molar-refractivity contribution in [1.29, 1.82) is 0 Å². The zero-order chi connectivity index (χ0) is 16.5. The number of halogens is 1. The first-order valence-electron chi connectivity index (χ1n) is 8.44. The van der Waals surface area contributed by atoms with Crippen LogP contribution >= 0.6 is 35.7 Å². The summed E-state index contributed by atoms with van der Waals surface area (Å²) in [4.78, 5) is 4.78. The van der Waals surface area contributed by atoms with Crippen LogP contribution in [-0.4, -0.2) is 43.2 Å². The molecule has 0 radical (unpaired) electrons. The van der Waals surface area contributed by atoms with Gasteiger partial charge in [-0.1, -0.05) is 12.1 Å². The lowest BCUT2D eigenvalue weighted by Crippen LogP contribution is -2.39. The van der Waals surface area contributed by atoms with Gasteiger partial charge in [0.05, 0.1) is 13.7 Å². The molecule has 0 saturated carbocycles. The van der Waals surface area contributed by atoms with Gasteiger partial charge in [0.25, 0.3) is 0 Å².